The molecule has 0 fully saturated rings. The molecular formula is C10H22N2O. The molecule has 0 radical (unpaired) electrons. The van der Waals surface area contributed by atoms with E-state index in [2.05, 4.69) is 20.8 Å². The zero-order chi connectivity index (χ0) is 10.6. The highest BCUT2D eigenvalue weighted by atomic mass is 16.5. The van der Waals surface area contributed by atoms with Crippen LogP contribution in [0.1, 0.15) is 27.7 Å². The minimum Gasteiger partial charge on any atom is -0.375 e. The van der Waals surface area contributed by atoms with E-state index in [-0.39, 0.29) is 11.5 Å². The summed E-state index contributed by atoms with van der Waals surface area (Å²) in [4.78, 5) is 0. The number of allylic oxidation sites excluding steroid dienone is 1. The van der Waals surface area contributed by atoms with Gasteiger partial charge in [-0.05, 0) is 12.3 Å². The molecule has 0 amide bonds. The van der Waals surface area contributed by atoms with E-state index in [0.717, 1.165) is 5.70 Å². The lowest BCUT2D eigenvalue weighted by Crippen LogP contribution is -2.39. The lowest BCUT2D eigenvalue weighted by atomic mass is 9.86. The molecular weight excluding hydrogens is 164 g/mol. The molecule has 1 unspecified atom stereocenters. The largest absolute Gasteiger partial charge is 0.375 e. The highest BCUT2D eigenvalue weighted by Gasteiger charge is 2.28. The summed E-state index contributed by atoms with van der Waals surface area (Å²) >= 11 is 0. The highest BCUT2D eigenvalue weighted by molar-refractivity contribution is 5.08. The Morgan fingerprint density at radius 1 is 1.46 bits per heavy atom. The second-order valence-electron chi connectivity index (χ2n) is 4.31. The van der Waals surface area contributed by atoms with Crippen molar-refractivity contribution in [3.05, 3.63) is 11.8 Å². The van der Waals surface area contributed by atoms with Gasteiger partial charge in [0.15, 0.2) is 0 Å². The fourth-order valence-electron chi connectivity index (χ4n) is 1.46. The molecule has 1 atom stereocenters. The number of ether oxygens (including phenoxy) is 1. The summed E-state index contributed by atoms with van der Waals surface area (Å²) in [6.45, 7) is 8.37. The molecule has 2 N–H and O–H groups in total. The minimum absolute atomic E-state index is 0.0347. The van der Waals surface area contributed by atoms with Gasteiger partial charge in [0.1, 0.15) is 6.10 Å². The van der Waals surface area contributed by atoms with Crippen molar-refractivity contribution in [2.45, 2.75) is 33.8 Å². The first-order chi connectivity index (χ1) is 5.84. The summed E-state index contributed by atoms with van der Waals surface area (Å²) in [5.41, 5.74) is 1.07. The Kier molecular flexibility index (Phi) is 4.44. The monoisotopic (exact) mass is 186 g/mol. The average molecular weight is 186 g/mol. The van der Waals surface area contributed by atoms with Gasteiger partial charge in [0.05, 0.1) is 5.70 Å². The van der Waals surface area contributed by atoms with Gasteiger partial charge in [-0.1, -0.05) is 26.8 Å². The predicted octanol–water partition coefficient (Wildman–Crippen LogP) is 1.76. The predicted molar refractivity (Wildman–Crippen MR) is 56.0 cm³/mol. The Bertz CT molecular complexity index is 180. The topological polar surface area (TPSA) is 38.5 Å². The molecule has 0 saturated heterocycles. The van der Waals surface area contributed by atoms with Crippen molar-refractivity contribution >= 4 is 0 Å². The third-order valence-electron chi connectivity index (χ3n) is 1.99. The van der Waals surface area contributed by atoms with Gasteiger partial charge < -0.3 is 9.75 Å². The normalized spacial score (nSPS) is 15.8. The maximum absolute atomic E-state index is 5.71. The van der Waals surface area contributed by atoms with Crippen molar-refractivity contribution in [3.8, 4) is 0 Å². The molecule has 0 spiro atoms. The minimum atomic E-state index is 0.0347. The summed E-state index contributed by atoms with van der Waals surface area (Å²) in [6, 6.07) is 0. The Morgan fingerprint density at radius 3 is 2.00 bits per heavy atom. The first-order valence-electron chi connectivity index (χ1n) is 4.52. The van der Waals surface area contributed by atoms with Crippen molar-refractivity contribution < 1.29 is 4.74 Å². The van der Waals surface area contributed by atoms with Crippen LogP contribution in [-0.4, -0.2) is 25.3 Å². The Hall–Kier alpha value is -0.540. The molecule has 3 heteroatoms. The second kappa shape index (κ2) is 4.63. The zero-order valence-corrected chi connectivity index (χ0v) is 9.59. The van der Waals surface area contributed by atoms with Crippen LogP contribution >= 0.6 is 0 Å². The van der Waals surface area contributed by atoms with Gasteiger partial charge in [-0.2, -0.15) is 0 Å². The first kappa shape index (κ1) is 12.5. The van der Waals surface area contributed by atoms with Crippen LogP contribution in [-0.2, 0) is 4.74 Å². The van der Waals surface area contributed by atoms with Crippen LogP contribution in [0, 0.1) is 5.41 Å². The smallest absolute Gasteiger partial charge is 0.103 e. The Labute approximate surface area is 81.5 Å². The van der Waals surface area contributed by atoms with Crippen LogP contribution in [0.15, 0.2) is 11.8 Å². The molecule has 0 aromatic heterocycles. The van der Waals surface area contributed by atoms with E-state index in [1.165, 1.54) is 0 Å². The summed E-state index contributed by atoms with van der Waals surface area (Å²) in [6.07, 6.45) is 2.02. The van der Waals surface area contributed by atoms with Gasteiger partial charge in [0, 0.05) is 14.2 Å². The van der Waals surface area contributed by atoms with E-state index in [1.54, 1.807) is 12.1 Å². The molecule has 0 aromatic rings. The Balaban J connectivity index is 4.76. The number of methoxy groups -OCH3 is 1. The molecule has 0 bridgehead atoms. The van der Waals surface area contributed by atoms with E-state index in [1.807, 2.05) is 20.0 Å². The van der Waals surface area contributed by atoms with Crippen molar-refractivity contribution in [1.82, 2.24) is 5.01 Å². The maximum atomic E-state index is 5.71. The summed E-state index contributed by atoms with van der Waals surface area (Å²) in [7, 11) is 3.54. The fourth-order valence-corrected chi connectivity index (χ4v) is 1.46. The van der Waals surface area contributed by atoms with E-state index in [9.17, 15) is 0 Å². The van der Waals surface area contributed by atoms with Gasteiger partial charge in [-0.15, -0.1) is 0 Å². The SMILES string of the molecule is C/C=C(/C(OC)C(C)(C)C)N(C)N. The zero-order valence-electron chi connectivity index (χ0n) is 9.59. The molecule has 0 aromatic carbocycles. The lowest BCUT2D eigenvalue weighted by Gasteiger charge is -2.34. The van der Waals surface area contributed by atoms with Crippen molar-refractivity contribution in [3.63, 3.8) is 0 Å². The molecule has 0 rings (SSSR count). The molecule has 3 nitrogen and oxygen atoms in total. The average Bonchev–Trinajstić information content (AvgIpc) is 1.96. The number of hydrogen-bond acceptors (Lipinski definition) is 3. The molecule has 0 saturated carbocycles. The number of rotatable bonds is 3. The molecule has 0 aliphatic carbocycles. The van der Waals surface area contributed by atoms with Crippen LogP contribution in [0.4, 0.5) is 0 Å². The van der Waals surface area contributed by atoms with Crippen LogP contribution in [0.25, 0.3) is 0 Å². The van der Waals surface area contributed by atoms with Gasteiger partial charge in [-0.25, -0.2) is 5.84 Å². The molecule has 0 aliphatic rings. The van der Waals surface area contributed by atoms with E-state index >= 15 is 0 Å². The van der Waals surface area contributed by atoms with Crippen LogP contribution in [0.2, 0.25) is 0 Å². The summed E-state index contributed by atoms with van der Waals surface area (Å²) in [5, 5.41) is 1.61. The quantitative estimate of drug-likeness (QED) is 0.539. The van der Waals surface area contributed by atoms with Gasteiger partial charge in [0.25, 0.3) is 0 Å². The fraction of sp³-hybridized carbons (Fsp3) is 0.800. The summed E-state index contributed by atoms with van der Waals surface area (Å²) < 4.78 is 5.44. The third kappa shape index (κ3) is 3.36. The first-order valence-corrected chi connectivity index (χ1v) is 4.52. The van der Waals surface area contributed by atoms with Crippen LogP contribution in [0.3, 0.4) is 0 Å². The number of hydrogen-bond donors (Lipinski definition) is 1. The number of likely N-dealkylation sites (N-methyl/N-ethyl adjacent to an activating group) is 1. The van der Waals surface area contributed by atoms with Gasteiger partial charge in [-0.3, -0.25) is 0 Å². The molecule has 0 aliphatic heterocycles. The number of hydrazine groups is 1. The molecule has 78 valence electrons. The van der Waals surface area contributed by atoms with E-state index < -0.39 is 0 Å². The van der Waals surface area contributed by atoms with E-state index in [0.29, 0.717) is 0 Å². The Morgan fingerprint density at radius 2 is 1.92 bits per heavy atom. The van der Waals surface area contributed by atoms with Crippen molar-refractivity contribution in [2.75, 3.05) is 14.2 Å². The lowest BCUT2D eigenvalue weighted by molar-refractivity contribution is 0.0257. The van der Waals surface area contributed by atoms with Gasteiger partial charge >= 0.3 is 0 Å². The second-order valence-corrected chi connectivity index (χ2v) is 4.31. The maximum Gasteiger partial charge on any atom is 0.103 e. The molecule has 13 heavy (non-hydrogen) atoms. The van der Waals surface area contributed by atoms with Crippen LogP contribution < -0.4 is 5.84 Å². The standard InChI is InChI=1S/C10H22N2O/c1-7-8(12(5)11)9(13-6)10(2,3)4/h7,9H,11H2,1-6H3/b8-7-. The molecule has 0 heterocycles. The number of nitrogens with two attached hydrogens (primary N) is 1. The summed E-state index contributed by atoms with van der Waals surface area (Å²) in [5.74, 6) is 5.71. The third-order valence-corrected chi connectivity index (χ3v) is 1.99. The van der Waals surface area contributed by atoms with E-state index in [4.69, 9.17) is 10.6 Å². The van der Waals surface area contributed by atoms with Crippen LogP contribution in [0.5, 0.6) is 0 Å². The van der Waals surface area contributed by atoms with Gasteiger partial charge in [0.2, 0.25) is 0 Å². The van der Waals surface area contributed by atoms with Crippen molar-refractivity contribution in [2.24, 2.45) is 11.3 Å². The highest BCUT2D eigenvalue weighted by Crippen LogP contribution is 2.27. The van der Waals surface area contributed by atoms with Crippen molar-refractivity contribution in [1.29, 1.82) is 0 Å². The number of nitrogens with zero attached hydrogens (tertiary/aromatic N) is 1.